The van der Waals surface area contributed by atoms with Gasteiger partial charge in [-0.3, -0.25) is 4.79 Å². The fourth-order valence-corrected chi connectivity index (χ4v) is 2.49. The number of hydrogen-bond acceptors (Lipinski definition) is 5. The van der Waals surface area contributed by atoms with Gasteiger partial charge in [0.15, 0.2) is 6.10 Å². The van der Waals surface area contributed by atoms with Crippen molar-refractivity contribution in [2.24, 2.45) is 0 Å². The zero-order valence-corrected chi connectivity index (χ0v) is 12.6. The predicted octanol–water partition coefficient (Wildman–Crippen LogP) is 3.03. The minimum atomic E-state index is -0.679. The maximum Gasteiger partial charge on any atom is 0.215 e. The van der Waals surface area contributed by atoms with Crippen LogP contribution in [0, 0.1) is 0 Å². The van der Waals surface area contributed by atoms with Crippen molar-refractivity contribution in [2.45, 2.75) is 6.10 Å². The molecule has 1 atom stereocenters. The third-order valence-corrected chi connectivity index (χ3v) is 3.64. The summed E-state index contributed by atoms with van der Waals surface area (Å²) >= 11 is 0. The Morgan fingerprint density at radius 2 is 1.59 bits per heavy atom. The Kier molecular flexibility index (Phi) is 3.63. The molecule has 0 aliphatic carbocycles. The molecule has 114 valence electrons. The molecule has 0 aromatic heterocycles. The molecule has 1 heterocycles. The van der Waals surface area contributed by atoms with E-state index in [0.717, 1.165) is 11.3 Å². The van der Waals surface area contributed by atoms with Crippen LogP contribution in [0.15, 0.2) is 36.4 Å². The van der Waals surface area contributed by atoms with Crippen LogP contribution in [-0.2, 0) is 0 Å². The van der Waals surface area contributed by atoms with Crippen LogP contribution in [-0.4, -0.2) is 27.1 Å². The van der Waals surface area contributed by atoms with E-state index < -0.39 is 6.10 Å². The second kappa shape index (κ2) is 5.60. The van der Waals surface area contributed by atoms with Gasteiger partial charge in [0.2, 0.25) is 5.78 Å². The van der Waals surface area contributed by atoms with Gasteiger partial charge >= 0.3 is 0 Å². The van der Waals surface area contributed by atoms with Crippen molar-refractivity contribution < 1.29 is 23.7 Å². The Hall–Kier alpha value is -2.69. The average Bonchev–Trinajstić information content (AvgIpc) is 2.91. The lowest BCUT2D eigenvalue weighted by molar-refractivity contribution is 0.0856. The van der Waals surface area contributed by atoms with Gasteiger partial charge in [0.25, 0.3) is 0 Å². The van der Waals surface area contributed by atoms with E-state index in [4.69, 9.17) is 18.9 Å². The highest BCUT2D eigenvalue weighted by Gasteiger charge is 2.37. The maximum atomic E-state index is 12.7. The summed E-state index contributed by atoms with van der Waals surface area (Å²) in [6.07, 6.45) is -0.679. The summed E-state index contributed by atoms with van der Waals surface area (Å²) in [7, 11) is 4.67. The van der Waals surface area contributed by atoms with Crippen molar-refractivity contribution in [3.8, 4) is 23.0 Å². The van der Waals surface area contributed by atoms with E-state index in [1.165, 1.54) is 7.11 Å². The highest BCUT2D eigenvalue weighted by molar-refractivity contribution is 6.07. The van der Waals surface area contributed by atoms with E-state index in [9.17, 15) is 4.79 Å². The summed E-state index contributed by atoms with van der Waals surface area (Å²) in [5.41, 5.74) is 1.21. The van der Waals surface area contributed by atoms with E-state index in [1.54, 1.807) is 38.5 Å². The summed E-state index contributed by atoms with van der Waals surface area (Å²) in [5.74, 6) is 2.11. The summed E-state index contributed by atoms with van der Waals surface area (Å²) < 4.78 is 21.4. The number of methoxy groups -OCH3 is 3. The smallest absolute Gasteiger partial charge is 0.215 e. The van der Waals surface area contributed by atoms with Crippen molar-refractivity contribution in [1.29, 1.82) is 0 Å². The first-order valence-corrected chi connectivity index (χ1v) is 6.78. The summed E-state index contributed by atoms with van der Waals surface area (Å²) in [6, 6.07) is 10.6. The molecule has 5 nitrogen and oxygen atoms in total. The summed E-state index contributed by atoms with van der Waals surface area (Å²) in [4.78, 5) is 12.7. The lowest BCUT2D eigenvalue weighted by Gasteiger charge is -2.10. The zero-order chi connectivity index (χ0) is 15.7. The molecule has 3 rings (SSSR count). The Morgan fingerprint density at radius 1 is 0.909 bits per heavy atom. The number of ether oxygens (including phenoxy) is 4. The topological polar surface area (TPSA) is 54.0 Å². The molecule has 0 N–H and O–H groups in total. The molecular formula is C17H16O5. The van der Waals surface area contributed by atoms with Gasteiger partial charge in [-0.25, -0.2) is 0 Å². The van der Waals surface area contributed by atoms with Crippen molar-refractivity contribution in [3.63, 3.8) is 0 Å². The molecule has 2 aromatic carbocycles. The van der Waals surface area contributed by atoms with Crippen molar-refractivity contribution in [3.05, 3.63) is 47.5 Å². The highest BCUT2D eigenvalue weighted by Crippen LogP contribution is 2.44. The lowest BCUT2D eigenvalue weighted by Crippen LogP contribution is -2.11. The molecule has 1 unspecified atom stereocenters. The van der Waals surface area contributed by atoms with Gasteiger partial charge in [-0.2, -0.15) is 0 Å². The van der Waals surface area contributed by atoms with Crippen LogP contribution in [0.1, 0.15) is 22.0 Å². The molecular weight excluding hydrogens is 284 g/mol. The van der Waals surface area contributed by atoms with Crippen LogP contribution < -0.4 is 18.9 Å². The maximum absolute atomic E-state index is 12.7. The predicted molar refractivity (Wildman–Crippen MR) is 80.2 cm³/mol. The van der Waals surface area contributed by atoms with Crippen LogP contribution in [0.4, 0.5) is 0 Å². The van der Waals surface area contributed by atoms with Crippen LogP contribution in [0.3, 0.4) is 0 Å². The number of fused-ring (bicyclic) bond motifs is 1. The van der Waals surface area contributed by atoms with Gasteiger partial charge in [0, 0.05) is 17.7 Å². The minimum absolute atomic E-state index is 0.125. The van der Waals surface area contributed by atoms with Gasteiger partial charge in [-0.05, 0) is 12.1 Å². The Morgan fingerprint density at radius 3 is 2.18 bits per heavy atom. The van der Waals surface area contributed by atoms with Crippen molar-refractivity contribution >= 4 is 5.78 Å². The van der Waals surface area contributed by atoms with Crippen LogP contribution >= 0.6 is 0 Å². The number of Topliss-reactive ketones (excluding diaryl/α,β-unsaturated/α-hetero) is 1. The molecule has 1 aliphatic rings. The first-order chi connectivity index (χ1) is 10.7. The van der Waals surface area contributed by atoms with Gasteiger partial charge in [-0.1, -0.05) is 12.1 Å². The van der Waals surface area contributed by atoms with Gasteiger partial charge in [-0.15, -0.1) is 0 Å². The largest absolute Gasteiger partial charge is 0.497 e. The number of carbonyl (C=O) groups is 1. The van der Waals surface area contributed by atoms with E-state index in [-0.39, 0.29) is 5.78 Å². The zero-order valence-electron chi connectivity index (χ0n) is 12.6. The molecule has 2 aromatic rings. The van der Waals surface area contributed by atoms with Crippen molar-refractivity contribution in [2.75, 3.05) is 21.3 Å². The molecule has 0 spiro atoms. The van der Waals surface area contributed by atoms with Gasteiger partial charge < -0.3 is 18.9 Å². The van der Waals surface area contributed by atoms with Crippen LogP contribution in [0.2, 0.25) is 0 Å². The molecule has 0 bridgehead atoms. The normalized spacial score (nSPS) is 16.0. The second-order valence-electron chi connectivity index (χ2n) is 4.84. The quantitative estimate of drug-likeness (QED) is 0.868. The highest BCUT2D eigenvalue weighted by atomic mass is 16.5. The monoisotopic (exact) mass is 300 g/mol. The van der Waals surface area contributed by atoms with E-state index in [1.807, 2.05) is 12.1 Å². The molecule has 1 aliphatic heterocycles. The molecule has 5 heteroatoms. The summed E-state index contributed by atoms with van der Waals surface area (Å²) in [5, 5.41) is 0. The van der Waals surface area contributed by atoms with E-state index in [0.29, 0.717) is 22.8 Å². The average molecular weight is 300 g/mol. The fourth-order valence-electron chi connectivity index (χ4n) is 2.49. The SMILES string of the molecule is COc1ccc(C2Oc3cc(OC)cc(OC)c3C2=O)cc1. The Balaban J connectivity index is 1.99. The second-order valence-corrected chi connectivity index (χ2v) is 4.84. The molecule has 0 saturated carbocycles. The minimum Gasteiger partial charge on any atom is -0.497 e. The van der Waals surface area contributed by atoms with E-state index in [2.05, 4.69) is 0 Å². The number of carbonyl (C=O) groups excluding carboxylic acids is 1. The molecule has 0 fully saturated rings. The van der Waals surface area contributed by atoms with Crippen LogP contribution in [0.5, 0.6) is 23.0 Å². The molecule has 0 amide bonds. The molecule has 22 heavy (non-hydrogen) atoms. The van der Waals surface area contributed by atoms with Crippen LogP contribution in [0.25, 0.3) is 0 Å². The van der Waals surface area contributed by atoms with Gasteiger partial charge in [0.05, 0.1) is 21.3 Å². The Labute approximate surface area is 128 Å². The standard InChI is InChI=1S/C17H16O5/c1-19-11-6-4-10(5-7-11)17-16(18)15-13(21-3)8-12(20-2)9-14(15)22-17/h4-9,17H,1-3H3. The number of ketones is 1. The number of benzene rings is 2. The number of rotatable bonds is 4. The third kappa shape index (κ3) is 2.24. The van der Waals surface area contributed by atoms with Gasteiger partial charge in [0.1, 0.15) is 28.6 Å². The third-order valence-electron chi connectivity index (χ3n) is 3.64. The first kappa shape index (κ1) is 14.3. The fraction of sp³-hybridized carbons (Fsp3) is 0.235. The first-order valence-electron chi connectivity index (χ1n) is 6.78. The molecule has 0 saturated heterocycles. The van der Waals surface area contributed by atoms with E-state index >= 15 is 0 Å². The van der Waals surface area contributed by atoms with Crippen molar-refractivity contribution in [1.82, 2.24) is 0 Å². The lowest BCUT2D eigenvalue weighted by atomic mass is 10.0. The Bertz CT molecular complexity index is 706. The number of hydrogen-bond donors (Lipinski definition) is 0. The molecule has 0 radical (unpaired) electrons. The summed E-state index contributed by atoms with van der Waals surface area (Å²) in [6.45, 7) is 0.